The number of carboxylic acid groups (broad SMARTS) is 1. The van der Waals surface area contributed by atoms with Crippen molar-refractivity contribution in [2.24, 2.45) is 17.8 Å². The fourth-order valence-corrected chi connectivity index (χ4v) is 3.98. The van der Waals surface area contributed by atoms with E-state index in [1.54, 1.807) is 0 Å². The van der Waals surface area contributed by atoms with Crippen molar-refractivity contribution < 1.29 is 19.5 Å². The molecule has 1 heterocycles. The second kappa shape index (κ2) is 6.23. The van der Waals surface area contributed by atoms with Crippen molar-refractivity contribution in [3.63, 3.8) is 0 Å². The summed E-state index contributed by atoms with van der Waals surface area (Å²) in [6.07, 6.45) is 2.68. The molecule has 126 valence electrons. The lowest BCUT2D eigenvalue weighted by molar-refractivity contribution is -0.155. The number of amides is 2. The molecule has 0 bridgehead atoms. The van der Waals surface area contributed by atoms with E-state index in [2.05, 4.69) is 0 Å². The first-order valence-corrected chi connectivity index (χ1v) is 8.21. The number of likely N-dealkylation sites (tertiary alicyclic amines) is 1. The van der Waals surface area contributed by atoms with Crippen LogP contribution in [0.5, 0.6) is 0 Å². The van der Waals surface area contributed by atoms with E-state index in [1.807, 2.05) is 50.3 Å². The molecule has 24 heavy (non-hydrogen) atoms. The Balaban J connectivity index is 1.91. The highest BCUT2D eigenvalue weighted by molar-refractivity contribution is 6.08. The van der Waals surface area contributed by atoms with E-state index >= 15 is 0 Å². The van der Waals surface area contributed by atoms with Crippen molar-refractivity contribution in [2.45, 2.75) is 32.7 Å². The van der Waals surface area contributed by atoms with Crippen LogP contribution in [0.4, 0.5) is 0 Å². The molecule has 0 saturated carbocycles. The van der Waals surface area contributed by atoms with Crippen molar-refractivity contribution in [2.75, 3.05) is 0 Å². The lowest BCUT2D eigenvalue weighted by atomic mass is 9.76. The second-order valence-electron chi connectivity index (χ2n) is 6.80. The summed E-state index contributed by atoms with van der Waals surface area (Å²) in [6, 6.07) is 7.94. The maximum Gasteiger partial charge on any atom is 0.327 e. The maximum absolute atomic E-state index is 12.8. The van der Waals surface area contributed by atoms with E-state index in [9.17, 15) is 19.5 Å². The van der Waals surface area contributed by atoms with Gasteiger partial charge in [-0.25, -0.2) is 4.79 Å². The van der Waals surface area contributed by atoms with Gasteiger partial charge in [-0.05, 0) is 24.8 Å². The maximum atomic E-state index is 12.8. The molecular weight excluding hydrogens is 306 g/mol. The summed E-state index contributed by atoms with van der Waals surface area (Å²) in [5.74, 6) is -2.72. The molecule has 2 amide bonds. The number of imide groups is 1. The van der Waals surface area contributed by atoms with Gasteiger partial charge in [-0.2, -0.15) is 0 Å². The molecule has 4 atom stereocenters. The van der Waals surface area contributed by atoms with Gasteiger partial charge in [0.05, 0.1) is 11.8 Å². The standard InChI is InChI=1S/C19H21NO4/c1-11-8-12(2)16-14(9-11)17(21)20(18(16)22)15(19(23)24)10-13-6-4-3-5-7-13/h3-8,12,14-16H,9-10H2,1-2H3,(H,23,24)/t12-,14+,15+,16+/m0/s1. The minimum absolute atomic E-state index is 0.0450. The number of aliphatic carboxylic acids is 1. The predicted molar refractivity (Wildman–Crippen MR) is 87.9 cm³/mol. The van der Waals surface area contributed by atoms with Gasteiger partial charge in [-0.3, -0.25) is 14.5 Å². The molecule has 1 N–H and O–H groups in total. The van der Waals surface area contributed by atoms with E-state index in [4.69, 9.17) is 0 Å². The molecule has 5 heteroatoms. The molecule has 0 radical (unpaired) electrons. The molecular formula is C19H21NO4. The van der Waals surface area contributed by atoms with Crippen molar-refractivity contribution in [1.82, 2.24) is 4.90 Å². The summed E-state index contributed by atoms with van der Waals surface area (Å²) in [7, 11) is 0. The van der Waals surface area contributed by atoms with Gasteiger partial charge in [0.2, 0.25) is 11.8 Å². The fourth-order valence-electron chi connectivity index (χ4n) is 3.98. The van der Waals surface area contributed by atoms with Crippen molar-refractivity contribution in [1.29, 1.82) is 0 Å². The van der Waals surface area contributed by atoms with Gasteiger partial charge in [0, 0.05) is 6.42 Å². The Morgan fingerprint density at radius 2 is 1.92 bits per heavy atom. The van der Waals surface area contributed by atoms with E-state index < -0.39 is 23.8 Å². The van der Waals surface area contributed by atoms with Crippen LogP contribution >= 0.6 is 0 Å². The zero-order valence-electron chi connectivity index (χ0n) is 13.8. The first kappa shape index (κ1) is 16.4. The average molecular weight is 327 g/mol. The third-order valence-electron chi connectivity index (χ3n) is 5.04. The Bertz CT molecular complexity index is 709. The number of rotatable bonds is 4. The van der Waals surface area contributed by atoms with Crippen LogP contribution in [-0.4, -0.2) is 33.8 Å². The van der Waals surface area contributed by atoms with Gasteiger partial charge in [0.25, 0.3) is 0 Å². The van der Waals surface area contributed by atoms with Crippen LogP contribution in [0.15, 0.2) is 42.0 Å². The SMILES string of the molecule is CC1=C[C@H](C)[C@H]2C(=O)N([C@H](Cc3ccccc3)C(=O)O)C(=O)[C@@H]2C1. The van der Waals surface area contributed by atoms with Crippen molar-refractivity contribution >= 4 is 17.8 Å². The Kier molecular flexibility index (Phi) is 4.26. The fraction of sp³-hybridized carbons (Fsp3) is 0.421. The molecule has 0 unspecified atom stereocenters. The molecule has 1 aromatic rings. The smallest absolute Gasteiger partial charge is 0.327 e. The van der Waals surface area contributed by atoms with Gasteiger partial charge in [-0.15, -0.1) is 0 Å². The van der Waals surface area contributed by atoms with Gasteiger partial charge in [0.15, 0.2) is 0 Å². The first-order chi connectivity index (χ1) is 11.4. The third kappa shape index (κ3) is 2.75. The van der Waals surface area contributed by atoms with Crippen LogP contribution in [0, 0.1) is 17.8 Å². The van der Waals surface area contributed by atoms with Crippen molar-refractivity contribution in [3.05, 3.63) is 47.5 Å². The highest BCUT2D eigenvalue weighted by atomic mass is 16.4. The molecule has 1 aliphatic carbocycles. The van der Waals surface area contributed by atoms with Gasteiger partial charge < -0.3 is 5.11 Å². The highest BCUT2D eigenvalue weighted by Gasteiger charge is 2.53. The van der Waals surface area contributed by atoms with Crippen LogP contribution in [0.2, 0.25) is 0 Å². The van der Waals surface area contributed by atoms with Gasteiger partial charge in [-0.1, -0.05) is 48.9 Å². The molecule has 0 spiro atoms. The summed E-state index contributed by atoms with van der Waals surface area (Å²) in [5.41, 5.74) is 1.88. The Labute approximate surface area is 141 Å². The largest absolute Gasteiger partial charge is 0.480 e. The van der Waals surface area contributed by atoms with Gasteiger partial charge in [0.1, 0.15) is 6.04 Å². The predicted octanol–water partition coefficient (Wildman–Crippen LogP) is 2.27. The quantitative estimate of drug-likeness (QED) is 0.680. The summed E-state index contributed by atoms with van der Waals surface area (Å²) in [5, 5.41) is 9.62. The number of fused-ring (bicyclic) bond motifs is 1. The topological polar surface area (TPSA) is 74.7 Å². The molecule has 5 nitrogen and oxygen atoms in total. The normalized spacial score (nSPS) is 27.7. The zero-order valence-corrected chi connectivity index (χ0v) is 13.8. The number of hydrogen-bond donors (Lipinski definition) is 1. The molecule has 0 aromatic heterocycles. The second-order valence-corrected chi connectivity index (χ2v) is 6.80. The van der Waals surface area contributed by atoms with Crippen molar-refractivity contribution in [3.8, 4) is 0 Å². The molecule has 1 aliphatic heterocycles. The lowest BCUT2D eigenvalue weighted by Gasteiger charge is -2.25. The number of benzene rings is 1. The Hall–Kier alpha value is -2.43. The van der Waals surface area contributed by atoms with Crippen LogP contribution in [0.3, 0.4) is 0 Å². The Morgan fingerprint density at radius 3 is 2.54 bits per heavy atom. The van der Waals surface area contributed by atoms with E-state index in [1.165, 1.54) is 0 Å². The van der Waals surface area contributed by atoms with Crippen LogP contribution in [0.1, 0.15) is 25.8 Å². The Morgan fingerprint density at radius 1 is 1.25 bits per heavy atom. The summed E-state index contributed by atoms with van der Waals surface area (Å²) in [6.45, 7) is 3.87. The summed E-state index contributed by atoms with van der Waals surface area (Å²) >= 11 is 0. The monoisotopic (exact) mass is 327 g/mol. The van der Waals surface area contributed by atoms with E-state index in [0.29, 0.717) is 6.42 Å². The zero-order chi connectivity index (χ0) is 17.4. The highest BCUT2D eigenvalue weighted by Crippen LogP contribution is 2.41. The number of carbonyl (C=O) groups is 3. The molecule has 1 fully saturated rings. The molecule has 3 rings (SSSR count). The van der Waals surface area contributed by atoms with E-state index in [0.717, 1.165) is 16.0 Å². The molecule has 1 aromatic carbocycles. The van der Waals surface area contributed by atoms with Crippen LogP contribution in [-0.2, 0) is 20.8 Å². The number of allylic oxidation sites excluding steroid dienone is 2. The number of nitrogens with zero attached hydrogens (tertiary/aromatic N) is 1. The first-order valence-electron chi connectivity index (χ1n) is 8.21. The summed E-state index contributed by atoms with van der Waals surface area (Å²) < 4.78 is 0. The lowest BCUT2D eigenvalue weighted by Crippen LogP contribution is -2.47. The molecule has 2 aliphatic rings. The third-order valence-corrected chi connectivity index (χ3v) is 5.04. The van der Waals surface area contributed by atoms with E-state index in [-0.39, 0.29) is 24.2 Å². The van der Waals surface area contributed by atoms with Crippen LogP contribution < -0.4 is 0 Å². The summed E-state index contributed by atoms with van der Waals surface area (Å²) in [4.78, 5) is 38.4. The number of carboxylic acids is 1. The molecule has 1 saturated heterocycles. The van der Waals surface area contributed by atoms with Gasteiger partial charge >= 0.3 is 5.97 Å². The van der Waals surface area contributed by atoms with Crippen LogP contribution in [0.25, 0.3) is 0 Å². The average Bonchev–Trinajstić information content (AvgIpc) is 2.77. The number of carbonyl (C=O) groups excluding carboxylic acids is 2. The number of hydrogen-bond acceptors (Lipinski definition) is 3. The minimum atomic E-state index is -1.15. The minimum Gasteiger partial charge on any atom is -0.480 e.